The zero-order valence-corrected chi connectivity index (χ0v) is 15.4. The number of ether oxygens (including phenoxy) is 1. The van der Waals surface area contributed by atoms with Crippen molar-refractivity contribution in [1.29, 1.82) is 0 Å². The van der Waals surface area contributed by atoms with Crippen molar-refractivity contribution in [2.75, 3.05) is 40.3 Å². The van der Waals surface area contributed by atoms with E-state index in [-0.39, 0.29) is 12.0 Å². The maximum absolute atomic E-state index is 12.2. The first kappa shape index (κ1) is 18.7. The first-order valence-electron chi connectivity index (χ1n) is 8.77. The van der Waals surface area contributed by atoms with E-state index in [4.69, 9.17) is 4.74 Å². The predicted molar refractivity (Wildman–Crippen MR) is 98.7 cm³/mol. The minimum Gasteiger partial charge on any atom is -0.366 e. The number of benzene rings is 1. The van der Waals surface area contributed by atoms with Crippen molar-refractivity contribution < 1.29 is 9.53 Å². The zero-order valence-electron chi connectivity index (χ0n) is 15.4. The van der Waals surface area contributed by atoms with Crippen LogP contribution in [0.3, 0.4) is 0 Å². The van der Waals surface area contributed by atoms with E-state index < -0.39 is 0 Å². The van der Waals surface area contributed by atoms with Crippen molar-refractivity contribution in [3.63, 3.8) is 0 Å². The molecule has 0 bridgehead atoms. The van der Waals surface area contributed by atoms with Crippen LogP contribution in [0.2, 0.25) is 0 Å². The Hall–Kier alpha value is -1.65. The number of nitrogens with zero attached hydrogens (tertiary/aromatic N) is 2. The van der Waals surface area contributed by atoms with Crippen LogP contribution >= 0.6 is 0 Å². The molecule has 0 aromatic heterocycles. The second-order valence-electron chi connectivity index (χ2n) is 7.05. The summed E-state index contributed by atoms with van der Waals surface area (Å²) in [6, 6.07) is 10.5. The lowest BCUT2D eigenvalue weighted by molar-refractivity contribution is -0.146. The lowest BCUT2D eigenvalue weighted by atomic mass is 10.0. The second-order valence-corrected chi connectivity index (χ2v) is 7.05. The fourth-order valence-corrected chi connectivity index (χ4v) is 2.83. The van der Waals surface area contributed by atoms with Gasteiger partial charge in [-0.1, -0.05) is 50.3 Å². The average molecular weight is 330 g/mol. The molecule has 1 heterocycles. The van der Waals surface area contributed by atoms with Gasteiger partial charge in [-0.2, -0.15) is 0 Å². The standard InChI is InChI=1S/C20H30N2O2/c1-16(2)10-11-18(17-8-6-5-7-9-17)14-22-12-13-24-19(15-22)20(23)21(3)4/h5-9,11,16,19H,10,12-15H2,1-4H3/b18-11+. The van der Waals surface area contributed by atoms with Crippen LogP contribution in [0.1, 0.15) is 25.8 Å². The van der Waals surface area contributed by atoms with Crippen molar-refractivity contribution in [2.45, 2.75) is 26.4 Å². The zero-order chi connectivity index (χ0) is 17.5. The van der Waals surface area contributed by atoms with Gasteiger partial charge in [0.2, 0.25) is 0 Å². The molecular weight excluding hydrogens is 300 g/mol. The van der Waals surface area contributed by atoms with Gasteiger partial charge >= 0.3 is 0 Å². The fraction of sp³-hybridized carbons (Fsp3) is 0.550. The third-order valence-electron chi connectivity index (χ3n) is 4.24. The van der Waals surface area contributed by atoms with E-state index in [1.165, 1.54) is 11.1 Å². The predicted octanol–water partition coefficient (Wildman–Crippen LogP) is 2.91. The van der Waals surface area contributed by atoms with Gasteiger partial charge in [0.1, 0.15) is 6.10 Å². The average Bonchev–Trinajstić information content (AvgIpc) is 2.58. The molecule has 1 unspecified atom stereocenters. The molecule has 0 radical (unpaired) electrons. The summed E-state index contributed by atoms with van der Waals surface area (Å²) in [5.74, 6) is 0.684. The minimum atomic E-state index is -0.351. The lowest BCUT2D eigenvalue weighted by Gasteiger charge is -2.34. The van der Waals surface area contributed by atoms with E-state index in [1.807, 2.05) is 6.07 Å². The van der Waals surface area contributed by atoms with Gasteiger partial charge in [0.05, 0.1) is 6.61 Å². The Morgan fingerprint density at radius 3 is 2.67 bits per heavy atom. The van der Waals surface area contributed by atoms with E-state index in [0.29, 0.717) is 19.1 Å². The van der Waals surface area contributed by atoms with Gasteiger partial charge in [-0.15, -0.1) is 0 Å². The molecule has 24 heavy (non-hydrogen) atoms. The summed E-state index contributed by atoms with van der Waals surface area (Å²) in [7, 11) is 3.56. The van der Waals surface area contributed by atoms with Crippen LogP contribution in [0.5, 0.6) is 0 Å². The highest BCUT2D eigenvalue weighted by Crippen LogP contribution is 2.20. The number of rotatable bonds is 6. The minimum absolute atomic E-state index is 0.0483. The molecule has 1 aliphatic heterocycles. The molecule has 1 amide bonds. The number of morpholine rings is 1. The molecule has 4 nitrogen and oxygen atoms in total. The lowest BCUT2D eigenvalue weighted by Crippen LogP contribution is -2.49. The Bertz CT molecular complexity index is 552. The summed E-state index contributed by atoms with van der Waals surface area (Å²) in [4.78, 5) is 16.1. The second kappa shape index (κ2) is 9.00. The molecule has 0 aliphatic carbocycles. The SMILES string of the molecule is CC(C)C/C=C(\CN1CCOC(C(=O)N(C)C)C1)c1ccccc1. The van der Waals surface area contributed by atoms with Crippen molar-refractivity contribution >= 4 is 11.5 Å². The smallest absolute Gasteiger partial charge is 0.252 e. The van der Waals surface area contributed by atoms with Gasteiger partial charge in [-0.05, 0) is 23.5 Å². The Balaban J connectivity index is 2.08. The van der Waals surface area contributed by atoms with Crippen LogP contribution < -0.4 is 0 Å². The van der Waals surface area contributed by atoms with Gasteiger partial charge in [-0.25, -0.2) is 0 Å². The molecule has 0 N–H and O–H groups in total. The van der Waals surface area contributed by atoms with Crippen LogP contribution in [0, 0.1) is 5.92 Å². The first-order chi connectivity index (χ1) is 11.5. The molecule has 4 heteroatoms. The molecule has 2 rings (SSSR count). The molecule has 1 aliphatic rings. The molecule has 0 spiro atoms. The third-order valence-corrected chi connectivity index (χ3v) is 4.24. The molecule has 1 atom stereocenters. The number of allylic oxidation sites excluding steroid dienone is 1. The molecule has 132 valence electrons. The number of carbonyl (C=O) groups excluding carboxylic acids is 1. The highest BCUT2D eigenvalue weighted by Gasteiger charge is 2.28. The number of hydrogen-bond donors (Lipinski definition) is 0. The van der Waals surface area contributed by atoms with Gasteiger partial charge in [0.15, 0.2) is 0 Å². The number of carbonyl (C=O) groups is 1. The normalized spacial score (nSPS) is 19.5. The monoisotopic (exact) mass is 330 g/mol. The summed E-state index contributed by atoms with van der Waals surface area (Å²) in [6.07, 6.45) is 3.06. The maximum atomic E-state index is 12.2. The van der Waals surface area contributed by atoms with Gasteiger partial charge < -0.3 is 9.64 Å². The summed E-state index contributed by atoms with van der Waals surface area (Å²) in [6.45, 7) is 7.46. The van der Waals surface area contributed by atoms with Gasteiger partial charge in [-0.3, -0.25) is 9.69 Å². The van der Waals surface area contributed by atoms with E-state index in [2.05, 4.69) is 49.1 Å². The van der Waals surface area contributed by atoms with Crippen molar-refractivity contribution in [3.05, 3.63) is 42.0 Å². The van der Waals surface area contributed by atoms with Crippen LogP contribution in [-0.2, 0) is 9.53 Å². The molecule has 1 fully saturated rings. The molecular formula is C20H30N2O2. The fourth-order valence-electron chi connectivity index (χ4n) is 2.83. The quantitative estimate of drug-likeness (QED) is 0.804. The highest BCUT2D eigenvalue weighted by molar-refractivity contribution is 5.80. The van der Waals surface area contributed by atoms with Gasteiger partial charge in [0, 0.05) is 33.7 Å². The number of hydrogen-bond acceptors (Lipinski definition) is 3. The number of likely N-dealkylation sites (N-methyl/N-ethyl adjacent to an activating group) is 1. The van der Waals surface area contributed by atoms with E-state index in [0.717, 1.165) is 19.5 Å². The van der Waals surface area contributed by atoms with Crippen LogP contribution in [0.25, 0.3) is 5.57 Å². The number of amides is 1. The molecule has 1 aromatic carbocycles. The van der Waals surface area contributed by atoms with E-state index in [1.54, 1.807) is 19.0 Å². The van der Waals surface area contributed by atoms with Crippen LogP contribution in [0.15, 0.2) is 36.4 Å². The highest BCUT2D eigenvalue weighted by atomic mass is 16.5. The summed E-state index contributed by atoms with van der Waals surface area (Å²) in [5.41, 5.74) is 2.60. The first-order valence-corrected chi connectivity index (χ1v) is 8.77. The van der Waals surface area contributed by atoms with Crippen molar-refractivity contribution in [2.24, 2.45) is 5.92 Å². The molecule has 0 saturated carbocycles. The van der Waals surface area contributed by atoms with Crippen LogP contribution in [0.4, 0.5) is 0 Å². The van der Waals surface area contributed by atoms with Gasteiger partial charge in [0.25, 0.3) is 5.91 Å². The molecule has 1 aromatic rings. The topological polar surface area (TPSA) is 32.8 Å². The summed E-state index contributed by atoms with van der Waals surface area (Å²) < 4.78 is 5.66. The Kier molecular flexibility index (Phi) is 7.00. The van der Waals surface area contributed by atoms with Crippen molar-refractivity contribution in [1.82, 2.24) is 9.80 Å². The van der Waals surface area contributed by atoms with E-state index in [9.17, 15) is 4.79 Å². The Morgan fingerprint density at radius 1 is 1.33 bits per heavy atom. The van der Waals surface area contributed by atoms with Crippen LogP contribution in [-0.4, -0.2) is 62.1 Å². The Morgan fingerprint density at radius 2 is 2.04 bits per heavy atom. The maximum Gasteiger partial charge on any atom is 0.252 e. The Labute approximate surface area is 146 Å². The van der Waals surface area contributed by atoms with E-state index >= 15 is 0 Å². The summed E-state index contributed by atoms with van der Waals surface area (Å²) in [5, 5.41) is 0. The van der Waals surface area contributed by atoms with Crippen molar-refractivity contribution in [3.8, 4) is 0 Å². The summed E-state index contributed by atoms with van der Waals surface area (Å²) >= 11 is 0. The molecule has 1 saturated heterocycles. The third kappa shape index (κ3) is 5.46. The largest absolute Gasteiger partial charge is 0.366 e.